The monoisotopic (exact) mass is 218 g/mol. The summed E-state index contributed by atoms with van der Waals surface area (Å²) in [6, 6.07) is 0.249. The molecular weight excluding hydrogens is 200 g/mol. The van der Waals surface area contributed by atoms with Gasteiger partial charge in [-0.25, -0.2) is 0 Å². The molecular formula is C9H18N2O2S. The van der Waals surface area contributed by atoms with Gasteiger partial charge in [0.2, 0.25) is 5.91 Å². The number of rotatable bonds is 3. The van der Waals surface area contributed by atoms with E-state index in [1.807, 2.05) is 4.90 Å². The summed E-state index contributed by atoms with van der Waals surface area (Å²) in [5.74, 6) is 0.591. The lowest BCUT2D eigenvalue weighted by Gasteiger charge is -2.30. The minimum atomic E-state index is -0.870. The molecule has 1 unspecified atom stereocenters. The summed E-state index contributed by atoms with van der Waals surface area (Å²) in [5.41, 5.74) is 5.73. The Morgan fingerprint density at radius 1 is 1.50 bits per heavy atom. The standard InChI is InChI=1S/C9H18N2O2S/c1-14(13)7-4-9(12)11-5-2-8(10)3-6-11/h8H,2-7,10H2,1H3. The smallest absolute Gasteiger partial charge is 0.223 e. The molecule has 1 rings (SSSR count). The van der Waals surface area contributed by atoms with Crippen molar-refractivity contribution in [3.8, 4) is 0 Å². The van der Waals surface area contributed by atoms with Crippen molar-refractivity contribution in [3.63, 3.8) is 0 Å². The summed E-state index contributed by atoms with van der Waals surface area (Å²) in [6.45, 7) is 1.52. The van der Waals surface area contributed by atoms with Gasteiger partial charge in [0.15, 0.2) is 0 Å². The normalized spacial score (nSPS) is 20.9. The van der Waals surface area contributed by atoms with Crippen molar-refractivity contribution >= 4 is 16.7 Å². The van der Waals surface area contributed by atoms with Crippen LogP contribution in [0.25, 0.3) is 0 Å². The molecule has 0 radical (unpaired) electrons. The highest BCUT2D eigenvalue weighted by Crippen LogP contribution is 2.09. The molecule has 0 aromatic heterocycles. The van der Waals surface area contributed by atoms with Crippen molar-refractivity contribution in [3.05, 3.63) is 0 Å². The van der Waals surface area contributed by atoms with E-state index in [9.17, 15) is 9.00 Å². The molecule has 0 spiro atoms. The summed E-state index contributed by atoms with van der Waals surface area (Å²) in [6.07, 6.45) is 3.81. The molecule has 4 nitrogen and oxygen atoms in total. The third kappa shape index (κ3) is 3.75. The van der Waals surface area contributed by atoms with Crippen LogP contribution in [0, 0.1) is 0 Å². The number of hydrogen-bond donors (Lipinski definition) is 1. The zero-order valence-electron chi connectivity index (χ0n) is 8.57. The van der Waals surface area contributed by atoms with Crippen molar-refractivity contribution in [1.82, 2.24) is 4.90 Å². The van der Waals surface area contributed by atoms with Gasteiger partial charge in [-0.2, -0.15) is 0 Å². The second-order valence-corrected chi connectivity index (χ2v) is 5.30. The Balaban J connectivity index is 2.27. The minimum absolute atomic E-state index is 0.118. The molecule has 2 N–H and O–H groups in total. The Morgan fingerprint density at radius 3 is 2.57 bits per heavy atom. The Bertz CT molecular complexity index is 225. The average molecular weight is 218 g/mol. The first-order valence-electron chi connectivity index (χ1n) is 4.93. The number of carbonyl (C=O) groups is 1. The fourth-order valence-corrected chi connectivity index (χ4v) is 2.00. The fourth-order valence-electron chi connectivity index (χ4n) is 1.54. The average Bonchev–Trinajstić information content (AvgIpc) is 2.15. The number of nitrogens with zero attached hydrogens (tertiary/aromatic N) is 1. The van der Waals surface area contributed by atoms with E-state index in [1.165, 1.54) is 0 Å². The van der Waals surface area contributed by atoms with Crippen LogP contribution in [0.15, 0.2) is 0 Å². The maximum absolute atomic E-state index is 11.6. The topological polar surface area (TPSA) is 63.4 Å². The molecule has 1 aliphatic rings. The van der Waals surface area contributed by atoms with E-state index >= 15 is 0 Å². The van der Waals surface area contributed by atoms with E-state index in [0.29, 0.717) is 12.2 Å². The van der Waals surface area contributed by atoms with Crippen LogP contribution < -0.4 is 5.73 Å². The number of carbonyl (C=O) groups excluding carboxylic acids is 1. The van der Waals surface area contributed by atoms with Gasteiger partial charge in [-0.1, -0.05) is 0 Å². The Labute approximate surface area is 87.3 Å². The molecule has 1 atom stereocenters. The first-order valence-corrected chi connectivity index (χ1v) is 6.65. The Morgan fingerprint density at radius 2 is 2.07 bits per heavy atom. The van der Waals surface area contributed by atoms with Crippen LogP contribution >= 0.6 is 0 Å². The van der Waals surface area contributed by atoms with Gasteiger partial charge < -0.3 is 10.6 Å². The fraction of sp³-hybridized carbons (Fsp3) is 0.889. The van der Waals surface area contributed by atoms with E-state index in [1.54, 1.807) is 6.26 Å². The number of likely N-dealkylation sites (tertiary alicyclic amines) is 1. The van der Waals surface area contributed by atoms with Gasteiger partial charge in [0.1, 0.15) is 0 Å². The van der Waals surface area contributed by atoms with E-state index in [0.717, 1.165) is 25.9 Å². The Kier molecular flexibility index (Phi) is 4.54. The maximum atomic E-state index is 11.6. The van der Waals surface area contributed by atoms with Gasteiger partial charge in [-0.15, -0.1) is 0 Å². The van der Waals surface area contributed by atoms with Crippen molar-refractivity contribution in [2.24, 2.45) is 5.73 Å². The number of hydrogen-bond acceptors (Lipinski definition) is 3. The van der Waals surface area contributed by atoms with Crippen LogP contribution in [0.1, 0.15) is 19.3 Å². The summed E-state index contributed by atoms with van der Waals surface area (Å²) < 4.78 is 10.8. The van der Waals surface area contributed by atoms with Gasteiger partial charge in [-0.05, 0) is 12.8 Å². The first-order chi connectivity index (χ1) is 6.59. The predicted molar refractivity (Wildman–Crippen MR) is 57.3 cm³/mol. The zero-order valence-corrected chi connectivity index (χ0v) is 9.39. The molecule has 1 saturated heterocycles. The molecule has 1 heterocycles. The number of nitrogens with two attached hydrogens (primary N) is 1. The summed E-state index contributed by atoms with van der Waals surface area (Å²) in [4.78, 5) is 13.4. The summed E-state index contributed by atoms with van der Waals surface area (Å²) in [5, 5.41) is 0. The van der Waals surface area contributed by atoms with Gasteiger partial charge >= 0.3 is 0 Å². The minimum Gasteiger partial charge on any atom is -0.343 e. The third-order valence-corrected chi connectivity index (χ3v) is 3.27. The predicted octanol–water partition coefficient (Wildman–Crippen LogP) is -0.295. The SMILES string of the molecule is CS(=O)CCC(=O)N1CCC(N)CC1. The molecule has 82 valence electrons. The molecule has 14 heavy (non-hydrogen) atoms. The van der Waals surface area contributed by atoms with Crippen LogP contribution in [-0.2, 0) is 15.6 Å². The molecule has 1 aliphatic heterocycles. The molecule has 0 aromatic carbocycles. The molecule has 1 fully saturated rings. The van der Waals surface area contributed by atoms with Crippen LogP contribution in [0.2, 0.25) is 0 Å². The summed E-state index contributed by atoms with van der Waals surface area (Å²) >= 11 is 0. The highest BCUT2D eigenvalue weighted by molar-refractivity contribution is 7.84. The van der Waals surface area contributed by atoms with E-state index in [4.69, 9.17) is 5.73 Å². The van der Waals surface area contributed by atoms with Crippen molar-refractivity contribution in [2.75, 3.05) is 25.1 Å². The van der Waals surface area contributed by atoms with Crippen molar-refractivity contribution < 1.29 is 9.00 Å². The molecule has 0 bridgehead atoms. The van der Waals surface area contributed by atoms with Crippen LogP contribution in [0.3, 0.4) is 0 Å². The molecule has 0 aromatic rings. The lowest BCUT2D eigenvalue weighted by atomic mass is 10.1. The van der Waals surface area contributed by atoms with Crippen molar-refractivity contribution in [1.29, 1.82) is 0 Å². The van der Waals surface area contributed by atoms with E-state index in [-0.39, 0.29) is 11.9 Å². The molecule has 1 amide bonds. The van der Waals surface area contributed by atoms with Gasteiger partial charge in [0, 0.05) is 48.4 Å². The highest BCUT2D eigenvalue weighted by atomic mass is 32.2. The third-order valence-electron chi connectivity index (χ3n) is 2.50. The van der Waals surface area contributed by atoms with Crippen molar-refractivity contribution in [2.45, 2.75) is 25.3 Å². The number of amides is 1. The van der Waals surface area contributed by atoms with Gasteiger partial charge in [0.25, 0.3) is 0 Å². The second-order valence-electron chi connectivity index (χ2n) is 3.75. The lowest BCUT2D eigenvalue weighted by molar-refractivity contribution is -0.131. The van der Waals surface area contributed by atoms with E-state index in [2.05, 4.69) is 0 Å². The first kappa shape index (κ1) is 11.7. The summed E-state index contributed by atoms with van der Waals surface area (Å²) in [7, 11) is -0.870. The largest absolute Gasteiger partial charge is 0.343 e. The van der Waals surface area contributed by atoms with E-state index < -0.39 is 10.8 Å². The Hall–Kier alpha value is -0.420. The maximum Gasteiger partial charge on any atom is 0.223 e. The van der Waals surface area contributed by atoms with Crippen LogP contribution in [0.4, 0.5) is 0 Å². The van der Waals surface area contributed by atoms with Crippen LogP contribution in [0.5, 0.6) is 0 Å². The zero-order chi connectivity index (χ0) is 10.6. The van der Waals surface area contributed by atoms with Gasteiger partial charge in [0.05, 0.1) is 0 Å². The van der Waals surface area contributed by atoms with Gasteiger partial charge in [-0.3, -0.25) is 9.00 Å². The molecule has 5 heteroatoms. The molecule has 0 aliphatic carbocycles. The van der Waals surface area contributed by atoms with Crippen LogP contribution in [-0.4, -0.2) is 46.2 Å². The molecule has 0 saturated carbocycles. The highest BCUT2D eigenvalue weighted by Gasteiger charge is 2.20. The second kappa shape index (κ2) is 5.46. The lowest BCUT2D eigenvalue weighted by Crippen LogP contribution is -2.43. The quantitative estimate of drug-likeness (QED) is 0.707. The number of piperidine rings is 1.